The van der Waals surface area contributed by atoms with Crippen LogP contribution in [0.15, 0.2) is 36.8 Å². The Bertz CT molecular complexity index is 721. The van der Waals surface area contributed by atoms with Gasteiger partial charge in [0, 0.05) is 36.7 Å². The third-order valence-corrected chi connectivity index (χ3v) is 5.03. The second-order valence-corrected chi connectivity index (χ2v) is 6.86. The van der Waals surface area contributed by atoms with Crippen molar-refractivity contribution in [2.75, 3.05) is 18.0 Å². The lowest BCUT2D eigenvalue weighted by Crippen LogP contribution is -2.51. The maximum Gasteiger partial charge on any atom is 0.225 e. The van der Waals surface area contributed by atoms with Crippen LogP contribution in [0.1, 0.15) is 37.1 Å². The highest BCUT2D eigenvalue weighted by Gasteiger charge is 2.40. The van der Waals surface area contributed by atoms with Gasteiger partial charge in [-0.15, -0.1) is 0 Å². The molecule has 0 aromatic carbocycles. The molecular formula is C19H25N5O. The summed E-state index contributed by atoms with van der Waals surface area (Å²) < 4.78 is 0. The molecule has 1 amide bonds. The zero-order valence-corrected chi connectivity index (χ0v) is 14.7. The number of hydrogen-bond acceptors (Lipinski definition) is 5. The number of anilines is 1. The lowest BCUT2D eigenvalue weighted by molar-refractivity contribution is -0.128. The zero-order valence-electron chi connectivity index (χ0n) is 14.7. The minimum Gasteiger partial charge on any atom is -0.369 e. The van der Waals surface area contributed by atoms with Crippen LogP contribution in [-0.2, 0) is 11.2 Å². The summed E-state index contributed by atoms with van der Waals surface area (Å²) in [7, 11) is 0. The SMILES string of the molecule is Cc1cc(N2CCC[C@](CCCc3ccccn3)(C(N)=O)C2)ncn1. The first-order chi connectivity index (χ1) is 12.1. The minimum atomic E-state index is -0.494. The van der Waals surface area contributed by atoms with Crippen LogP contribution in [0.3, 0.4) is 0 Å². The van der Waals surface area contributed by atoms with Crippen molar-refractivity contribution in [2.24, 2.45) is 11.1 Å². The van der Waals surface area contributed by atoms with Crippen molar-refractivity contribution in [2.45, 2.75) is 39.0 Å². The van der Waals surface area contributed by atoms with Gasteiger partial charge in [-0.25, -0.2) is 9.97 Å². The number of carbonyl (C=O) groups is 1. The molecule has 1 atom stereocenters. The van der Waals surface area contributed by atoms with Gasteiger partial charge in [0.2, 0.25) is 5.91 Å². The van der Waals surface area contributed by atoms with Crippen LogP contribution in [0, 0.1) is 12.3 Å². The first kappa shape index (κ1) is 17.3. The Balaban J connectivity index is 1.69. The van der Waals surface area contributed by atoms with Crippen LogP contribution in [0.4, 0.5) is 5.82 Å². The maximum absolute atomic E-state index is 12.3. The van der Waals surface area contributed by atoms with Crippen LogP contribution in [0.25, 0.3) is 0 Å². The summed E-state index contributed by atoms with van der Waals surface area (Å²) in [6.45, 7) is 3.47. The average Bonchev–Trinajstić information content (AvgIpc) is 2.63. The number of pyridine rings is 1. The Kier molecular flexibility index (Phi) is 5.26. The Morgan fingerprint density at radius 3 is 2.92 bits per heavy atom. The third kappa shape index (κ3) is 4.13. The van der Waals surface area contributed by atoms with E-state index in [1.165, 1.54) is 0 Å². The molecule has 2 aromatic rings. The van der Waals surface area contributed by atoms with Gasteiger partial charge in [-0.2, -0.15) is 0 Å². The quantitative estimate of drug-likeness (QED) is 0.872. The Morgan fingerprint density at radius 1 is 1.32 bits per heavy atom. The fourth-order valence-electron chi connectivity index (χ4n) is 3.62. The first-order valence-electron chi connectivity index (χ1n) is 8.82. The van der Waals surface area contributed by atoms with Gasteiger partial charge in [-0.05, 0) is 51.2 Å². The van der Waals surface area contributed by atoms with E-state index in [4.69, 9.17) is 5.73 Å². The van der Waals surface area contributed by atoms with Crippen LogP contribution in [-0.4, -0.2) is 33.9 Å². The monoisotopic (exact) mass is 339 g/mol. The van der Waals surface area contributed by atoms with E-state index < -0.39 is 5.41 Å². The molecule has 2 aromatic heterocycles. The van der Waals surface area contributed by atoms with E-state index in [2.05, 4.69) is 19.9 Å². The highest BCUT2D eigenvalue weighted by atomic mass is 16.1. The van der Waals surface area contributed by atoms with Gasteiger partial charge in [0.15, 0.2) is 0 Å². The van der Waals surface area contributed by atoms with Crippen LogP contribution in [0.2, 0.25) is 0 Å². The van der Waals surface area contributed by atoms with Crippen molar-refractivity contribution in [3.05, 3.63) is 48.2 Å². The van der Waals surface area contributed by atoms with Crippen molar-refractivity contribution in [1.82, 2.24) is 15.0 Å². The fraction of sp³-hybridized carbons (Fsp3) is 0.474. The van der Waals surface area contributed by atoms with Crippen molar-refractivity contribution in [3.63, 3.8) is 0 Å². The van der Waals surface area contributed by atoms with Gasteiger partial charge in [0.1, 0.15) is 12.1 Å². The molecule has 25 heavy (non-hydrogen) atoms. The van der Waals surface area contributed by atoms with Crippen molar-refractivity contribution >= 4 is 11.7 Å². The number of nitrogens with zero attached hydrogens (tertiary/aromatic N) is 4. The zero-order chi connectivity index (χ0) is 17.7. The van der Waals surface area contributed by atoms with E-state index >= 15 is 0 Å². The van der Waals surface area contributed by atoms with Crippen molar-refractivity contribution in [1.29, 1.82) is 0 Å². The Labute approximate surface area is 148 Å². The molecule has 0 aliphatic carbocycles. The lowest BCUT2D eigenvalue weighted by atomic mass is 9.75. The number of primary amides is 1. The molecule has 0 bridgehead atoms. The number of nitrogens with two attached hydrogens (primary N) is 1. The van der Waals surface area contributed by atoms with Crippen LogP contribution >= 0.6 is 0 Å². The number of amides is 1. The Morgan fingerprint density at radius 2 is 2.20 bits per heavy atom. The van der Waals surface area contributed by atoms with Crippen molar-refractivity contribution < 1.29 is 4.79 Å². The average molecular weight is 339 g/mol. The van der Waals surface area contributed by atoms with E-state index in [-0.39, 0.29) is 5.91 Å². The molecule has 0 spiro atoms. The predicted molar refractivity (Wildman–Crippen MR) is 97.0 cm³/mol. The molecule has 132 valence electrons. The number of hydrogen-bond donors (Lipinski definition) is 1. The van der Waals surface area contributed by atoms with Gasteiger partial charge in [-0.1, -0.05) is 6.07 Å². The van der Waals surface area contributed by atoms with Gasteiger partial charge >= 0.3 is 0 Å². The van der Waals surface area contributed by atoms with Crippen LogP contribution in [0.5, 0.6) is 0 Å². The van der Waals surface area contributed by atoms with Gasteiger partial charge < -0.3 is 10.6 Å². The van der Waals surface area contributed by atoms with E-state index in [9.17, 15) is 4.79 Å². The Hall–Kier alpha value is -2.50. The highest BCUT2D eigenvalue weighted by Crippen LogP contribution is 2.36. The van der Waals surface area contributed by atoms with Crippen molar-refractivity contribution in [3.8, 4) is 0 Å². The summed E-state index contributed by atoms with van der Waals surface area (Å²) in [6.07, 6.45) is 7.70. The van der Waals surface area contributed by atoms with Crippen LogP contribution < -0.4 is 10.6 Å². The molecule has 6 heteroatoms. The summed E-state index contributed by atoms with van der Waals surface area (Å²) in [4.78, 5) is 27.4. The summed E-state index contributed by atoms with van der Waals surface area (Å²) in [5.74, 6) is 0.673. The minimum absolute atomic E-state index is 0.205. The second-order valence-electron chi connectivity index (χ2n) is 6.86. The summed E-state index contributed by atoms with van der Waals surface area (Å²) in [6, 6.07) is 7.89. The molecule has 3 rings (SSSR count). The summed E-state index contributed by atoms with van der Waals surface area (Å²) in [5, 5.41) is 0. The fourth-order valence-corrected chi connectivity index (χ4v) is 3.62. The normalized spacial score (nSPS) is 20.4. The van der Waals surface area contributed by atoms with E-state index in [0.717, 1.165) is 55.9 Å². The molecule has 1 aliphatic rings. The molecule has 1 saturated heterocycles. The number of aromatic nitrogens is 3. The molecular weight excluding hydrogens is 314 g/mol. The number of piperidine rings is 1. The largest absolute Gasteiger partial charge is 0.369 e. The van der Waals surface area contributed by atoms with Gasteiger partial charge in [0.05, 0.1) is 5.41 Å². The van der Waals surface area contributed by atoms with E-state index in [1.807, 2.05) is 31.2 Å². The highest BCUT2D eigenvalue weighted by molar-refractivity contribution is 5.81. The topological polar surface area (TPSA) is 85.0 Å². The molecule has 2 N–H and O–H groups in total. The second kappa shape index (κ2) is 7.59. The summed E-state index contributed by atoms with van der Waals surface area (Å²) >= 11 is 0. The standard InChI is InChI=1S/C19H25N5O/c1-15-12-17(23-14-22-15)24-11-5-9-19(13-24,18(20)25)8-4-7-16-6-2-3-10-21-16/h2-3,6,10,12,14H,4-5,7-9,11,13H2,1H3,(H2,20,25)/t19-/m0/s1. The number of carbonyl (C=O) groups excluding carboxylic acids is 1. The molecule has 6 nitrogen and oxygen atoms in total. The van der Waals surface area contributed by atoms with E-state index in [1.54, 1.807) is 12.5 Å². The molecule has 1 fully saturated rings. The molecule has 0 saturated carbocycles. The number of aryl methyl sites for hydroxylation is 2. The summed E-state index contributed by atoms with van der Waals surface area (Å²) in [5.41, 5.74) is 7.33. The molecule has 0 unspecified atom stereocenters. The molecule has 1 aliphatic heterocycles. The smallest absolute Gasteiger partial charge is 0.225 e. The van der Waals surface area contributed by atoms with Gasteiger partial charge in [-0.3, -0.25) is 9.78 Å². The van der Waals surface area contributed by atoms with E-state index in [0.29, 0.717) is 6.54 Å². The third-order valence-electron chi connectivity index (χ3n) is 5.03. The first-order valence-corrected chi connectivity index (χ1v) is 8.82. The lowest BCUT2D eigenvalue weighted by Gasteiger charge is -2.41. The predicted octanol–water partition coefficient (Wildman–Crippen LogP) is 2.27. The molecule has 3 heterocycles. The number of rotatable bonds is 6. The molecule has 0 radical (unpaired) electrons. The maximum atomic E-state index is 12.3. The van der Waals surface area contributed by atoms with Gasteiger partial charge in [0.25, 0.3) is 0 Å².